The summed E-state index contributed by atoms with van der Waals surface area (Å²) < 4.78 is 13.1. The molecule has 2 aromatic carbocycles. The summed E-state index contributed by atoms with van der Waals surface area (Å²) in [4.78, 5) is 4.58. The Hall–Kier alpha value is -2.49. The van der Waals surface area contributed by atoms with Crippen LogP contribution in [0.1, 0.15) is 5.82 Å². The molecular formula is C16H16N2O2. The summed E-state index contributed by atoms with van der Waals surface area (Å²) in [5.74, 6) is 2.34. The summed E-state index contributed by atoms with van der Waals surface area (Å²) in [6.07, 6.45) is 0. The van der Waals surface area contributed by atoms with Gasteiger partial charge in [0, 0.05) is 7.05 Å². The molecule has 0 saturated heterocycles. The number of fused-ring (bicyclic) bond motifs is 1. The number of aryl methyl sites for hydroxylation is 1. The molecule has 102 valence electrons. The van der Waals surface area contributed by atoms with Crippen LogP contribution in [0.4, 0.5) is 0 Å². The van der Waals surface area contributed by atoms with Gasteiger partial charge in [0.2, 0.25) is 0 Å². The van der Waals surface area contributed by atoms with Gasteiger partial charge in [-0.25, -0.2) is 4.98 Å². The number of rotatable bonds is 4. The molecule has 0 aliphatic heterocycles. The minimum atomic E-state index is 0.408. The molecule has 1 heterocycles. The third kappa shape index (κ3) is 2.20. The zero-order valence-corrected chi connectivity index (χ0v) is 11.5. The highest BCUT2D eigenvalue weighted by Gasteiger charge is 2.09. The molecule has 0 radical (unpaired) electrons. The Morgan fingerprint density at radius 1 is 1.00 bits per heavy atom. The minimum absolute atomic E-state index is 0.408. The lowest BCUT2D eigenvalue weighted by Gasteiger charge is -2.10. The van der Waals surface area contributed by atoms with Crippen LogP contribution in [0.2, 0.25) is 0 Å². The van der Waals surface area contributed by atoms with Crippen molar-refractivity contribution in [2.24, 2.45) is 7.05 Å². The Bertz CT molecular complexity index is 734. The van der Waals surface area contributed by atoms with Crippen LogP contribution in [0.3, 0.4) is 0 Å². The summed E-state index contributed by atoms with van der Waals surface area (Å²) in [6, 6.07) is 15.7. The molecule has 3 aromatic rings. The average Bonchev–Trinajstić information content (AvgIpc) is 2.82. The minimum Gasteiger partial charge on any atom is -0.493 e. The molecule has 0 aliphatic rings. The quantitative estimate of drug-likeness (QED) is 0.729. The number of nitrogens with zero attached hydrogens (tertiary/aromatic N) is 2. The van der Waals surface area contributed by atoms with Crippen molar-refractivity contribution in [2.75, 3.05) is 7.11 Å². The van der Waals surface area contributed by atoms with Crippen molar-refractivity contribution >= 4 is 11.0 Å². The fraction of sp³-hybridized carbons (Fsp3) is 0.188. The molecule has 20 heavy (non-hydrogen) atoms. The van der Waals surface area contributed by atoms with E-state index in [4.69, 9.17) is 9.47 Å². The Balaban J connectivity index is 1.85. The van der Waals surface area contributed by atoms with Gasteiger partial charge in [0.15, 0.2) is 11.5 Å². The number of ether oxygens (including phenoxy) is 2. The third-order valence-corrected chi connectivity index (χ3v) is 3.31. The molecular weight excluding hydrogens is 252 g/mol. The van der Waals surface area contributed by atoms with E-state index in [0.29, 0.717) is 6.61 Å². The molecule has 0 bridgehead atoms. The number of imidazole rings is 1. The number of hydrogen-bond donors (Lipinski definition) is 0. The molecule has 0 spiro atoms. The Kier molecular flexibility index (Phi) is 3.29. The molecule has 1 aromatic heterocycles. The lowest BCUT2D eigenvalue weighted by atomic mass is 10.3. The van der Waals surface area contributed by atoms with E-state index in [1.165, 1.54) is 0 Å². The highest BCUT2D eigenvalue weighted by atomic mass is 16.5. The van der Waals surface area contributed by atoms with E-state index in [2.05, 4.69) is 11.1 Å². The van der Waals surface area contributed by atoms with Crippen molar-refractivity contribution in [3.8, 4) is 11.5 Å². The standard InChI is InChI=1S/C16H16N2O2/c1-18-13-8-4-3-7-12(13)17-16(18)11-20-15-10-6-5-9-14(15)19-2/h3-10H,11H2,1-2H3. The van der Waals surface area contributed by atoms with E-state index >= 15 is 0 Å². The van der Waals surface area contributed by atoms with Crippen molar-refractivity contribution in [1.29, 1.82) is 0 Å². The van der Waals surface area contributed by atoms with Crippen LogP contribution in [0.5, 0.6) is 11.5 Å². The van der Waals surface area contributed by atoms with E-state index in [1.807, 2.05) is 54.1 Å². The van der Waals surface area contributed by atoms with Crippen LogP contribution >= 0.6 is 0 Å². The first-order chi connectivity index (χ1) is 9.79. The lowest BCUT2D eigenvalue weighted by Crippen LogP contribution is -2.04. The zero-order valence-electron chi connectivity index (χ0n) is 11.5. The van der Waals surface area contributed by atoms with Gasteiger partial charge in [0.25, 0.3) is 0 Å². The number of benzene rings is 2. The summed E-state index contributed by atoms with van der Waals surface area (Å²) in [5, 5.41) is 0. The van der Waals surface area contributed by atoms with E-state index < -0.39 is 0 Å². The van der Waals surface area contributed by atoms with E-state index in [0.717, 1.165) is 28.4 Å². The molecule has 0 unspecified atom stereocenters. The highest BCUT2D eigenvalue weighted by molar-refractivity contribution is 5.75. The fourth-order valence-corrected chi connectivity index (χ4v) is 2.20. The molecule has 4 heteroatoms. The molecule has 0 aliphatic carbocycles. The van der Waals surface area contributed by atoms with Gasteiger partial charge in [-0.05, 0) is 24.3 Å². The van der Waals surface area contributed by atoms with Gasteiger partial charge in [0.05, 0.1) is 18.1 Å². The number of hydrogen-bond acceptors (Lipinski definition) is 3. The Morgan fingerprint density at radius 2 is 1.70 bits per heavy atom. The van der Waals surface area contributed by atoms with Crippen LogP contribution < -0.4 is 9.47 Å². The normalized spacial score (nSPS) is 10.7. The lowest BCUT2D eigenvalue weighted by molar-refractivity contribution is 0.274. The molecule has 0 saturated carbocycles. The Morgan fingerprint density at radius 3 is 2.45 bits per heavy atom. The number of aromatic nitrogens is 2. The summed E-state index contributed by atoms with van der Waals surface area (Å²) in [6.45, 7) is 0.408. The first-order valence-corrected chi connectivity index (χ1v) is 6.46. The maximum atomic E-state index is 5.82. The molecule has 0 N–H and O–H groups in total. The molecule has 3 rings (SSSR count). The van der Waals surface area contributed by atoms with Gasteiger partial charge in [-0.2, -0.15) is 0 Å². The van der Waals surface area contributed by atoms with Crippen LogP contribution in [-0.2, 0) is 13.7 Å². The van der Waals surface area contributed by atoms with Gasteiger partial charge < -0.3 is 14.0 Å². The van der Waals surface area contributed by atoms with Crippen LogP contribution in [0, 0.1) is 0 Å². The predicted octanol–water partition coefficient (Wildman–Crippen LogP) is 3.16. The first-order valence-electron chi connectivity index (χ1n) is 6.46. The molecule has 4 nitrogen and oxygen atoms in total. The van der Waals surface area contributed by atoms with Crippen molar-refractivity contribution in [1.82, 2.24) is 9.55 Å². The van der Waals surface area contributed by atoms with Gasteiger partial charge >= 0.3 is 0 Å². The van der Waals surface area contributed by atoms with E-state index in [1.54, 1.807) is 7.11 Å². The highest BCUT2D eigenvalue weighted by Crippen LogP contribution is 2.26. The molecule has 0 atom stereocenters. The monoisotopic (exact) mass is 268 g/mol. The maximum Gasteiger partial charge on any atom is 0.161 e. The summed E-state index contributed by atoms with van der Waals surface area (Å²) in [5.41, 5.74) is 2.08. The van der Waals surface area contributed by atoms with Crippen molar-refractivity contribution in [2.45, 2.75) is 6.61 Å². The fourth-order valence-electron chi connectivity index (χ4n) is 2.20. The van der Waals surface area contributed by atoms with Crippen LogP contribution in [0.25, 0.3) is 11.0 Å². The summed E-state index contributed by atoms with van der Waals surface area (Å²) in [7, 11) is 3.63. The van der Waals surface area contributed by atoms with Gasteiger partial charge in [0.1, 0.15) is 12.4 Å². The van der Waals surface area contributed by atoms with Gasteiger partial charge in [-0.15, -0.1) is 0 Å². The second kappa shape index (κ2) is 5.25. The smallest absolute Gasteiger partial charge is 0.161 e. The topological polar surface area (TPSA) is 36.3 Å². The van der Waals surface area contributed by atoms with E-state index in [-0.39, 0.29) is 0 Å². The molecule has 0 amide bonds. The number of methoxy groups -OCH3 is 1. The van der Waals surface area contributed by atoms with Crippen molar-refractivity contribution in [3.63, 3.8) is 0 Å². The zero-order chi connectivity index (χ0) is 13.9. The van der Waals surface area contributed by atoms with E-state index in [9.17, 15) is 0 Å². The Labute approximate surface area is 117 Å². The SMILES string of the molecule is COc1ccccc1OCc1nc2ccccc2n1C. The largest absolute Gasteiger partial charge is 0.493 e. The predicted molar refractivity (Wildman–Crippen MR) is 78.0 cm³/mol. The second-order valence-corrected chi connectivity index (χ2v) is 4.52. The first kappa shape index (κ1) is 12.5. The van der Waals surface area contributed by atoms with Crippen LogP contribution in [-0.4, -0.2) is 16.7 Å². The third-order valence-electron chi connectivity index (χ3n) is 3.31. The summed E-state index contributed by atoms with van der Waals surface area (Å²) >= 11 is 0. The van der Waals surface area contributed by atoms with Gasteiger partial charge in [-0.3, -0.25) is 0 Å². The molecule has 0 fully saturated rings. The second-order valence-electron chi connectivity index (χ2n) is 4.52. The van der Waals surface area contributed by atoms with Crippen molar-refractivity contribution in [3.05, 3.63) is 54.4 Å². The van der Waals surface area contributed by atoms with Crippen LogP contribution in [0.15, 0.2) is 48.5 Å². The average molecular weight is 268 g/mol. The van der Waals surface area contributed by atoms with Crippen molar-refractivity contribution < 1.29 is 9.47 Å². The number of para-hydroxylation sites is 4. The van der Waals surface area contributed by atoms with Gasteiger partial charge in [-0.1, -0.05) is 24.3 Å². The maximum absolute atomic E-state index is 5.82.